The van der Waals surface area contributed by atoms with Gasteiger partial charge in [-0.15, -0.1) is 0 Å². The van der Waals surface area contributed by atoms with Crippen molar-refractivity contribution in [1.82, 2.24) is 14.8 Å². The first-order chi connectivity index (χ1) is 11.1. The van der Waals surface area contributed by atoms with E-state index in [1.165, 1.54) is 12.1 Å². The fraction of sp³-hybridized carbons (Fsp3) is 0.562. The van der Waals surface area contributed by atoms with Gasteiger partial charge in [-0.05, 0) is 19.2 Å². The van der Waals surface area contributed by atoms with Gasteiger partial charge in [0.1, 0.15) is 11.3 Å². The second kappa shape index (κ2) is 7.35. The number of hydrogen-bond donors (Lipinski definition) is 1. The molecule has 1 aliphatic heterocycles. The maximum absolute atomic E-state index is 13.2. The molecule has 1 aromatic carbocycles. The zero-order chi connectivity index (χ0) is 16.2. The van der Waals surface area contributed by atoms with E-state index in [0.29, 0.717) is 36.6 Å². The van der Waals surface area contributed by atoms with E-state index in [4.69, 9.17) is 9.15 Å². The molecule has 0 saturated carbocycles. The van der Waals surface area contributed by atoms with Crippen molar-refractivity contribution < 1.29 is 18.7 Å². The molecule has 126 valence electrons. The molecule has 0 aliphatic carbocycles. The number of likely N-dealkylation sites (N-methyl/N-ethyl adjacent to an activating group) is 1. The van der Waals surface area contributed by atoms with Crippen molar-refractivity contribution in [3.05, 3.63) is 29.9 Å². The molecule has 7 heteroatoms. The lowest BCUT2D eigenvalue weighted by molar-refractivity contribution is 0.00785. The van der Waals surface area contributed by atoms with Crippen LogP contribution in [0.15, 0.2) is 22.6 Å². The van der Waals surface area contributed by atoms with Gasteiger partial charge < -0.3 is 14.3 Å². The van der Waals surface area contributed by atoms with Crippen LogP contribution in [0, 0.1) is 5.82 Å². The largest absolute Gasteiger partial charge is 0.439 e. The van der Waals surface area contributed by atoms with Gasteiger partial charge >= 0.3 is 0 Å². The van der Waals surface area contributed by atoms with Gasteiger partial charge in [0, 0.05) is 32.2 Å². The number of hydrogen-bond acceptors (Lipinski definition) is 6. The smallest absolute Gasteiger partial charge is 0.209 e. The molecule has 0 bridgehead atoms. The third kappa shape index (κ3) is 4.48. The molecule has 6 nitrogen and oxygen atoms in total. The minimum Gasteiger partial charge on any atom is -0.439 e. The maximum atomic E-state index is 13.2. The quantitative estimate of drug-likeness (QED) is 0.859. The number of aromatic nitrogens is 1. The van der Waals surface area contributed by atoms with Gasteiger partial charge in [0.25, 0.3) is 0 Å². The second-order valence-electron chi connectivity index (χ2n) is 5.98. The molecular weight excluding hydrogens is 301 g/mol. The molecule has 1 N–H and O–H groups in total. The zero-order valence-corrected chi connectivity index (χ0v) is 13.2. The molecule has 1 fully saturated rings. The van der Waals surface area contributed by atoms with Crippen LogP contribution in [0.5, 0.6) is 0 Å². The molecule has 3 rings (SSSR count). The van der Waals surface area contributed by atoms with Crippen molar-refractivity contribution in [2.45, 2.75) is 12.6 Å². The molecule has 1 aliphatic rings. The van der Waals surface area contributed by atoms with Crippen LogP contribution in [0.4, 0.5) is 4.39 Å². The number of oxazole rings is 1. The van der Waals surface area contributed by atoms with Gasteiger partial charge in [0.05, 0.1) is 25.9 Å². The third-order valence-electron chi connectivity index (χ3n) is 3.89. The summed E-state index contributed by atoms with van der Waals surface area (Å²) >= 11 is 0. The number of aliphatic hydroxyl groups is 1. The standard InChI is InChI=1S/C16H22FN3O3/c1-19(9-13(21)10-20-4-6-22-7-5-20)11-16-18-14-8-12(17)2-3-15(14)23-16/h2-3,8,13,21H,4-7,9-11H2,1H3. The molecule has 0 radical (unpaired) electrons. The predicted molar refractivity (Wildman–Crippen MR) is 83.6 cm³/mol. The SMILES string of the molecule is CN(Cc1nc2cc(F)ccc2o1)CC(O)CN1CCOCC1. The van der Waals surface area contributed by atoms with Crippen molar-refractivity contribution in [2.75, 3.05) is 46.4 Å². The highest BCUT2D eigenvalue weighted by molar-refractivity contribution is 5.72. The molecule has 2 aromatic rings. The van der Waals surface area contributed by atoms with Crippen LogP contribution in [0.1, 0.15) is 5.89 Å². The van der Waals surface area contributed by atoms with E-state index in [0.717, 1.165) is 26.3 Å². The normalized spacial score (nSPS) is 17.9. The lowest BCUT2D eigenvalue weighted by Gasteiger charge is -2.29. The van der Waals surface area contributed by atoms with Crippen molar-refractivity contribution in [1.29, 1.82) is 0 Å². The van der Waals surface area contributed by atoms with Crippen LogP contribution in [0.25, 0.3) is 11.1 Å². The van der Waals surface area contributed by atoms with E-state index in [1.807, 2.05) is 11.9 Å². The summed E-state index contributed by atoms with van der Waals surface area (Å²) in [5, 5.41) is 10.2. The Morgan fingerprint density at radius 3 is 2.96 bits per heavy atom. The third-order valence-corrected chi connectivity index (χ3v) is 3.89. The van der Waals surface area contributed by atoms with Gasteiger partial charge in [0.15, 0.2) is 5.58 Å². The molecule has 1 aromatic heterocycles. The van der Waals surface area contributed by atoms with E-state index in [2.05, 4.69) is 9.88 Å². The molecule has 23 heavy (non-hydrogen) atoms. The number of fused-ring (bicyclic) bond motifs is 1. The van der Waals surface area contributed by atoms with Crippen LogP contribution < -0.4 is 0 Å². The lowest BCUT2D eigenvalue weighted by atomic mass is 10.3. The summed E-state index contributed by atoms with van der Waals surface area (Å²) in [5.41, 5.74) is 1.09. The van der Waals surface area contributed by atoms with Crippen LogP contribution in [-0.4, -0.2) is 72.4 Å². The van der Waals surface area contributed by atoms with Crippen LogP contribution in [0.3, 0.4) is 0 Å². The van der Waals surface area contributed by atoms with E-state index < -0.39 is 6.10 Å². The van der Waals surface area contributed by atoms with Crippen LogP contribution >= 0.6 is 0 Å². The number of β-amino-alcohol motifs (C(OH)–C–C–N with tert-alkyl or cyclic N) is 1. The topological polar surface area (TPSA) is 62.0 Å². The highest BCUT2D eigenvalue weighted by Gasteiger charge is 2.17. The first kappa shape index (κ1) is 16.3. The van der Waals surface area contributed by atoms with Crippen molar-refractivity contribution in [2.24, 2.45) is 0 Å². The average molecular weight is 323 g/mol. The highest BCUT2D eigenvalue weighted by Crippen LogP contribution is 2.17. The molecule has 0 spiro atoms. The summed E-state index contributed by atoms with van der Waals surface area (Å²) in [4.78, 5) is 8.43. The van der Waals surface area contributed by atoms with Crippen molar-refractivity contribution >= 4 is 11.1 Å². The lowest BCUT2D eigenvalue weighted by Crippen LogP contribution is -2.43. The zero-order valence-electron chi connectivity index (χ0n) is 13.2. The van der Waals surface area contributed by atoms with Crippen molar-refractivity contribution in [3.63, 3.8) is 0 Å². The Labute approximate surface area is 134 Å². The van der Waals surface area contributed by atoms with E-state index in [9.17, 15) is 9.50 Å². The summed E-state index contributed by atoms with van der Waals surface area (Å²) in [5.74, 6) is 0.193. The Bertz CT molecular complexity index is 643. The van der Waals surface area contributed by atoms with Gasteiger partial charge in [-0.2, -0.15) is 0 Å². The summed E-state index contributed by atoms with van der Waals surface area (Å²) in [7, 11) is 1.90. The summed E-state index contributed by atoms with van der Waals surface area (Å²) in [6.07, 6.45) is -0.445. The fourth-order valence-corrected chi connectivity index (χ4v) is 2.81. The number of morpholine rings is 1. The number of benzene rings is 1. The molecule has 1 atom stereocenters. The summed E-state index contributed by atoms with van der Waals surface area (Å²) in [6.45, 7) is 4.78. The Hall–Kier alpha value is -1.54. The Kier molecular flexibility index (Phi) is 5.22. The summed E-state index contributed by atoms with van der Waals surface area (Å²) in [6, 6.07) is 4.29. The number of nitrogens with zero attached hydrogens (tertiary/aromatic N) is 3. The molecular formula is C16H22FN3O3. The fourth-order valence-electron chi connectivity index (χ4n) is 2.81. The average Bonchev–Trinajstić information content (AvgIpc) is 2.89. The first-order valence-corrected chi connectivity index (χ1v) is 7.82. The number of aliphatic hydroxyl groups excluding tert-OH is 1. The Morgan fingerprint density at radius 1 is 1.39 bits per heavy atom. The molecule has 1 saturated heterocycles. The monoisotopic (exact) mass is 323 g/mol. The number of rotatable bonds is 6. The van der Waals surface area contributed by atoms with Gasteiger partial charge in [0.2, 0.25) is 5.89 Å². The highest BCUT2D eigenvalue weighted by atomic mass is 19.1. The minimum absolute atomic E-state index is 0.327. The number of halogens is 1. The van der Waals surface area contributed by atoms with Gasteiger partial charge in [-0.25, -0.2) is 9.37 Å². The van der Waals surface area contributed by atoms with E-state index >= 15 is 0 Å². The first-order valence-electron chi connectivity index (χ1n) is 7.82. The molecule has 2 heterocycles. The predicted octanol–water partition coefficient (Wildman–Crippen LogP) is 1.09. The minimum atomic E-state index is -0.445. The molecule has 1 unspecified atom stereocenters. The second-order valence-corrected chi connectivity index (χ2v) is 5.98. The summed E-state index contributed by atoms with van der Waals surface area (Å²) < 4.78 is 24.1. The Morgan fingerprint density at radius 2 is 2.17 bits per heavy atom. The Balaban J connectivity index is 1.52. The van der Waals surface area contributed by atoms with E-state index in [-0.39, 0.29) is 5.82 Å². The van der Waals surface area contributed by atoms with Gasteiger partial charge in [-0.1, -0.05) is 0 Å². The molecule has 0 amide bonds. The van der Waals surface area contributed by atoms with Crippen molar-refractivity contribution in [3.8, 4) is 0 Å². The van der Waals surface area contributed by atoms with E-state index in [1.54, 1.807) is 6.07 Å². The number of ether oxygens (including phenoxy) is 1. The van der Waals surface area contributed by atoms with Gasteiger partial charge in [-0.3, -0.25) is 9.80 Å². The van der Waals surface area contributed by atoms with Crippen LogP contribution in [0.2, 0.25) is 0 Å². The maximum Gasteiger partial charge on any atom is 0.209 e. The van der Waals surface area contributed by atoms with Crippen LogP contribution in [-0.2, 0) is 11.3 Å².